The Bertz CT molecular complexity index is 663. The number of rotatable bonds is 5. The molecular formula is C15H13BrClNO3. The predicted octanol–water partition coefficient (Wildman–Crippen LogP) is 3.92. The van der Waals surface area contributed by atoms with Crippen LogP contribution in [0.4, 0.5) is 0 Å². The summed E-state index contributed by atoms with van der Waals surface area (Å²) in [4.78, 5) is 15.7. The van der Waals surface area contributed by atoms with Crippen molar-refractivity contribution in [2.45, 2.75) is 12.3 Å². The summed E-state index contributed by atoms with van der Waals surface area (Å²) in [6, 6.07) is 8.95. The molecule has 1 heterocycles. The van der Waals surface area contributed by atoms with E-state index in [-0.39, 0.29) is 6.42 Å². The lowest BCUT2D eigenvalue weighted by molar-refractivity contribution is -0.138. The molecule has 1 N–H and O–H groups in total. The zero-order valence-electron chi connectivity index (χ0n) is 11.2. The lowest BCUT2D eigenvalue weighted by Gasteiger charge is -2.15. The van der Waals surface area contributed by atoms with Crippen LogP contribution in [0.1, 0.15) is 17.2 Å². The second-order valence-electron chi connectivity index (χ2n) is 4.43. The minimum absolute atomic E-state index is 0.258. The number of carbonyl (C=O) groups is 1. The highest BCUT2D eigenvalue weighted by molar-refractivity contribution is 9.10. The van der Waals surface area contributed by atoms with Crippen LogP contribution in [0, 0.1) is 0 Å². The van der Waals surface area contributed by atoms with Crippen molar-refractivity contribution < 1.29 is 14.6 Å². The monoisotopic (exact) mass is 369 g/mol. The molecule has 0 bridgehead atoms. The standard InChI is InChI=1S/C15H13BrClNO3/c1-21-13-5-3-2-4-9(13)6-11(15(19)20)14-12(17)7-10(16)8-18-14/h2-5,7-8,11H,6H2,1H3,(H,19,20). The molecule has 1 atom stereocenters. The van der Waals surface area contributed by atoms with Gasteiger partial charge in [0, 0.05) is 10.7 Å². The van der Waals surface area contributed by atoms with E-state index in [0.717, 1.165) is 5.56 Å². The fourth-order valence-electron chi connectivity index (χ4n) is 2.07. The average molecular weight is 371 g/mol. The molecule has 0 aliphatic carbocycles. The van der Waals surface area contributed by atoms with Gasteiger partial charge in [-0.05, 0) is 40.0 Å². The summed E-state index contributed by atoms with van der Waals surface area (Å²) in [5, 5.41) is 9.82. The molecule has 0 radical (unpaired) electrons. The van der Waals surface area contributed by atoms with Gasteiger partial charge in [-0.3, -0.25) is 9.78 Å². The molecule has 110 valence electrons. The van der Waals surface area contributed by atoms with Gasteiger partial charge in [-0.1, -0.05) is 29.8 Å². The lowest BCUT2D eigenvalue weighted by Crippen LogP contribution is -2.16. The van der Waals surface area contributed by atoms with Gasteiger partial charge < -0.3 is 9.84 Å². The van der Waals surface area contributed by atoms with Gasteiger partial charge in [0.25, 0.3) is 0 Å². The molecule has 0 aliphatic heterocycles. The van der Waals surface area contributed by atoms with Crippen LogP contribution in [-0.4, -0.2) is 23.2 Å². The van der Waals surface area contributed by atoms with Gasteiger partial charge >= 0.3 is 5.97 Å². The molecule has 0 fully saturated rings. The second-order valence-corrected chi connectivity index (χ2v) is 5.75. The number of para-hydroxylation sites is 1. The molecule has 6 heteroatoms. The summed E-state index contributed by atoms with van der Waals surface area (Å²) < 4.78 is 5.96. The molecule has 1 aromatic heterocycles. The number of methoxy groups -OCH3 is 1. The minimum atomic E-state index is -0.974. The van der Waals surface area contributed by atoms with Crippen molar-refractivity contribution in [2.24, 2.45) is 0 Å². The summed E-state index contributed by atoms with van der Waals surface area (Å²) in [5.41, 5.74) is 1.14. The van der Waals surface area contributed by atoms with Gasteiger partial charge in [-0.25, -0.2) is 0 Å². The summed E-state index contributed by atoms with van der Waals surface area (Å²) in [6.07, 6.45) is 1.80. The van der Waals surface area contributed by atoms with Crippen molar-refractivity contribution in [3.63, 3.8) is 0 Å². The van der Waals surface area contributed by atoms with E-state index in [1.54, 1.807) is 25.4 Å². The van der Waals surface area contributed by atoms with Crippen molar-refractivity contribution in [3.8, 4) is 5.75 Å². The average Bonchev–Trinajstić information content (AvgIpc) is 2.45. The number of hydrogen-bond acceptors (Lipinski definition) is 3. The largest absolute Gasteiger partial charge is 0.496 e. The number of pyridine rings is 1. The number of aliphatic carboxylic acids is 1. The van der Waals surface area contributed by atoms with Crippen molar-refractivity contribution in [1.29, 1.82) is 0 Å². The highest BCUT2D eigenvalue weighted by Gasteiger charge is 2.25. The van der Waals surface area contributed by atoms with Gasteiger partial charge in [-0.15, -0.1) is 0 Å². The molecular weight excluding hydrogens is 358 g/mol. The first-order chi connectivity index (χ1) is 10.0. The molecule has 0 aliphatic rings. The molecule has 0 saturated carbocycles. The molecule has 1 unspecified atom stereocenters. The third-order valence-corrected chi connectivity index (χ3v) is 3.82. The fourth-order valence-corrected chi connectivity index (χ4v) is 2.84. The highest BCUT2D eigenvalue weighted by atomic mass is 79.9. The first kappa shape index (κ1) is 15.8. The smallest absolute Gasteiger partial charge is 0.312 e. The SMILES string of the molecule is COc1ccccc1CC(C(=O)O)c1ncc(Br)cc1Cl. The molecule has 2 rings (SSSR count). The van der Waals surface area contributed by atoms with Gasteiger partial charge in [0.05, 0.1) is 17.8 Å². The van der Waals surface area contributed by atoms with E-state index in [0.29, 0.717) is 20.9 Å². The Labute approximate surface area is 135 Å². The molecule has 21 heavy (non-hydrogen) atoms. The van der Waals surface area contributed by atoms with E-state index in [9.17, 15) is 9.90 Å². The normalized spacial score (nSPS) is 12.0. The third kappa shape index (κ3) is 3.74. The summed E-state index contributed by atoms with van der Waals surface area (Å²) in [7, 11) is 1.56. The van der Waals surface area contributed by atoms with Crippen LogP contribution >= 0.6 is 27.5 Å². The van der Waals surface area contributed by atoms with Crippen LogP contribution < -0.4 is 4.74 Å². The number of benzene rings is 1. The Morgan fingerprint density at radius 1 is 1.48 bits per heavy atom. The number of hydrogen-bond donors (Lipinski definition) is 1. The zero-order chi connectivity index (χ0) is 15.4. The maximum Gasteiger partial charge on any atom is 0.312 e. The van der Waals surface area contributed by atoms with E-state index in [4.69, 9.17) is 16.3 Å². The predicted molar refractivity (Wildman–Crippen MR) is 84.0 cm³/mol. The molecule has 0 saturated heterocycles. The van der Waals surface area contributed by atoms with Crippen LogP contribution in [0.3, 0.4) is 0 Å². The lowest BCUT2D eigenvalue weighted by atomic mass is 9.95. The molecule has 4 nitrogen and oxygen atoms in total. The zero-order valence-corrected chi connectivity index (χ0v) is 13.6. The summed E-state index contributed by atoms with van der Waals surface area (Å²) >= 11 is 9.38. The molecule has 1 aromatic carbocycles. The first-order valence-electron chi connectivity index (χ1n) is 6.18. The molecule has 0 amide bonds. The molecule has 2 aromatic rings. The summed E-state index contributed by atoms with van der Waals surface area (Å²) in [5.74, 6) is -1.16. The van der Waals surface area contributed by atoms with Crippen LogP contribution in [0.2, 0.25) is 5.02 Å². The Kier molecular flexibility index (Phi) is 5.20. The van der Waals surface area contributed by atoms with Crippen molar-refractivity contribution in [2.75, 3.05) is 7.11 Å². The van der Waals surface area contributed by atoms with Gasteiger partial charge in [0.1, 0.15) is 11.7 Å². The van der Waals surface area contributed by atoms with Crippen molar-refractivity contribution in [1.82, 2.24) is 4.98 Å². The number of carboxylic acid groups (broad SMARTS) is 1. The van der Waals surface area contributed by atoms with E-state index >= 15 is 0 Å². The number of ether oxygens (including phenoxy) is 1. The van der Waals surface area contributed by atoms with E-state index in [1.165, 1.54) is 0 Å². The number of aromatic nitrogens is 1. The highest BCUT2D eigenvalue weighted by Crippen LogP contribution is 2.30. The third-order valence-electron chi connectivity index (χ3n) is 3.08. The summed E-state index contributed by atoms with van der Waals surface area (Å²) in [6.45, 7) is 0. The second kappa shape index (κ2) is 6.91. The number of halogens is 2. The van der Waals surface area contributed by atoms with E-state index in [2.05, 4.69) is 20.9 Å². The first-order valence-corrected chi connectivity index (χ1v) is 7.35. The quantitative estimate of drug-likeness (QED) is 0.866. The topological polar surface area (TPSA) is 59.4 Å². The van der Waals surface area contributed by atoms with Crippen LogP contribution in [0.25, 0.3) is 0 Å². The Morgan fingerprint density at radius 2 is 2.19 bits per heavy atom. The van der Waals surface area contributed by atoms with E-state index in [1.807, 2.05) is 18.2 Å². The van der Waals surface area contributed by atoms with Gasteiger partial charge in [-0.2, -0.15) is 0 Å². The van der Waals surface area contributed by atoms with Gasteiger partial charge in [0.15, 0.2) is 0 Å². The Balaban J connectivity index is 2.38. The Hall–Kier alpha value is -1.59. The molecule has 0 spiro atoms. The van der Waals surface area contributed by atoms with E-state index < -0.39 is 11.9 Å². The van der Waals surface area contributed by atoms with Crippen molar-refractivity contribution in [3.05, 3.63) is 57.3 Å². The fraction of sp³-hybridized carbons (Fsp3) is 0.200. The number of carboxylic acids is 1. The maximum atomic E-state index is 11.6. The maximum absolute atomic E-state index is 11.6. The van der Waals surface area contributed by atoms with Crippen molar-refractivity contribution >= 4 is 33.5 Å². The van der Waals surface area contributed by atoms with Crippen LogP contribution in [-0.2, 0) is 11.2 Å². The minimum Gasteiger partial charge on any atom is -0.496 e. The van der Waals surface area contributed by atoms with Crippen LogP contribution in [0.5, 0.6) is 5.75 Å². The van der Waals surface area contributed by atoms with Gasteiger partial charge in [0.2, 0.25) is 0 Å². The Morgan fingerprint density at radius 3 is 2.81 bits per heavy atom. The number of nitrogens with zero attached hydrogens (tertiary/aromatic N) is 1. The van der Waals surface area contributed by atoms with Crippen LogP contribution in [0.15, 0.2) is 41.0 Å².